The van der Waals surface area contributed by atoms with E-state index in [0.29, 0.717) is 34.3 Å². The molecule has 2 aromatic carbocycles. The van der Waals surface area contributed by atoms with Gasteiger partial charge in [-0.1, -0.05) is 42.5 Å². The Bertz CT molecular complexity index is 1420. The Hall–Kier alpha value is -4.86. The van der Waals surface area contributed by atoms with Crippen molar-refractivity contribution in [3.63, 3.8) is 0 Å². The number of nitro benzene ring substituents is 1. The van der Waals surface area contributed by atoms with Crippen molar-refractivity contribution in [2.24, 2.45) is 0 Å². The van der Waals surface area contributed by atoms with Crippen LogP contribution in [0.15, 0.2) is 90.4 Å². The van der Waals surface area contributed by atoms with Crippen molar-refractivity contribution in [2.75, 3.05) is 10.6 Å². The van der Waals surface area contributed by atoms with Gasteiger partial charge < -0.3 is 10.6 Å². The molecule has 1 amide bonds. The summed E-state index contributed by atoms with van der Waals surface area (Å²) in [7, 11) is 0. The number of rotatable bonds is 5. The first-order chi connectivity index (χ1) is 16.5. The number of fused-ring (bicyclic) bond motifs is 1. The number of nitrogens with one attached hydrogen (secondary N) is 2. The summed E-state index contributed by atoms with van der Waals surface area (Å²) in [5.74, 6) is 0.531. The van der Waals surface area contributed by atoms with Crippen LogP contribution in [-0.4, -0.2) is 30.6 Å². The zero-order valence-corrected chi connectivity index (χ0v) is 18.0. The average molecular weight is 453 g/mol. The number of carbonyl (C=O) groups is 1. The van der Waals surface area contributed by atoms with Crippen LogP contribution in [0, 0.1) is 10.1 Å². The molecule has 0 bridgehead atoms. The SMILES string of the molecule is CC1=C(C(=O)Nc2cccnc2)[C@H](c2cccc([N+](=O)[O-])c2)n2nc(-c3ccccc3)nc2N1. The third-order valence-corrected chi connectivity index (χ3v) is 5.45. The fourth-order valence-corrected chi connectivity index (χ4v) is 3.91. The molecule has 0 saturated heterocycles. The third kappa shape index (κ3) is 3.88. The summed E-state index contributed by atoms with van der Waals surface area (Å²) in [4.78, 5) is 33.1. The van der Waals surface area contributed by atoms with Crippen LogP contribution >= 0.6 is 0 Å². The Morgan fingerprint density at radius 1 is 1.12 bits per heavy atom. The second-order valence-corrected chi connectivity index (χ2v) is 7.68. The lowest BCUT2D eigenvalue weighted by Crippen LogP contribution is -2.31. The molecular formula is C24H19N7O3. The number of carbonyl (C=O) groups excluding carboxylic acids is 1. The van der Waals surface area contributed by atoms with Gasteiger partial charge in [0, 0.05) is 29.6 Å². The Labute approximate surface area is 194 Å². The van der Waals surface area contributed by atoms with Gasteiger partial charge in [-0.05, 0) is 24.6 Å². The van der Waals surface area contributed by atoms with E-state index < -0.39 is 11.0 Å². The Morgan fingerprint density at radius 2 is 1.94 bits per heavy atom. The molecule has 1 aliphatic heterocycles. The molecule has 1 aliphatic rings. The second kappa shape index (κ2) is 8.58. The predicted molar refractivity (Wildman–Crippen MR) is 126 cm³/mol. The van der Waals surface area contributed by atoms with E-state index in [1.54, 1.807) is 48.3 Å². The number of non-ortho nitro benzene ring substituents is 1. The van der Waals surface area contributed by atoms with E-state index >= 15 is 0 Å². The first-order valence-electron chi connectivity index (χ1n) is 10.5. The summed E-state index contributed by atoms with van der Waals surface area (Å²) in [6.45, 7) is 1.77. The standard InChI is InChI=1S/C24H19N7O3/c1-15-20(23(32)27-18-10-6-12-25-14-18)21(17-9-5-11-19(13-17)31(33)34)30-24(26-15)28-22(29-30)16-7-3-2-4-8-16/h2-14,21H,1H3,(H,27,32)(H,26,28,29)/t21-/m0/s1. The van der Waals surface area contributed by atoms with Gasteiger partial charge in [-0.15, -0.1) is 5.10 Å². The van der Waals surface area contributed by atoms with Crippen LogP contribution in [0.5, 0.6) is 0 Å². The zero-order chi connectivity index (χ0) is 23.7. The van der Waals surface area contributed by atoms with Crippen molar-refractivity contribution >= 4 is 23.2 Å². The molecule has 34 heavy (non-hydrogen) atoms. The van der Waals surface area contributed by atoms with E-state index in [1.807, 2.05) is 30.3 Å². The number of anilines is 2. The molecule has 0 unspecified atom stereocenters. The Kier molecular flexibility index (Phi) is 5.30. The topological polar surface area (TPSA) is 128 Å². The zero-order valence-electron chi connectivity index (χ0n) is 18.0. The largest absolute Gasteiger partial charge is 0.328 e. The molecule has 0 aliphatic carbocycles. The summed E-state index contributed by atoms with van der Waals surface area (Å²) in [5, 5.41) is 22.1. The monoisotopic (exact) mass is 453 g/mol. The van der Waals surface area contributed by atoms with Crippen LogP contribution in [0.3, 0.4) is 0 Å². The van der Waals surface area contributed by atoms with E-state index in [4.69, 9.17) is 0 Å². The summed E-state index contributed by atoms with van der Waals surface area (Å²) < 4.78 is 1.59. The van der Waals surface area contributed by atoms with E-state index in [9.17, 15) is 14.9 Å². The van der Waals surface area contributed by atoms with Gasteiger partial charge in [-0.2, -0.15) is 4.98 Å². The lowest BCUT2D eigenvalue weighted by Gasteiger charge is -2.28. The molecule has 2 aromatic heterocycles. The lowest BCUT2D eigenvalue weighted by molar-refractivity contribution is -0.384. The van der Waals surface area contributed by atoms with Crippen LogP contribution in [0.2, 0.25) is 0 Å². The van der Waals surface area contributed by atoms with E-state index in [-0.39, 0.29) is 11.6 Å². The minimum atomic E-state index is -0.738. The molecule has 0 spiro atoms. The first-order valence-corrected chi connectivity index (χ1v) is 10.5. The maximum Gasteiger partial charge on any atom is 0.269 e. The number of nitrogens with zero attached hydrogens (tertiary/aromatic N) is 5. The summed E-state index contributed by atoms with van der Waals surface area (Å²) in [6.07, 6.45) is 3.15. The highest BCUT2D eigenvalue weighted by Crippen LogP contribution is 2.37. The van der Waals surface area contributed by atoms with Gasteiger partial charge in [0.2, 0.25) is 5.95 Å². The predicted octanol–water partition coefficient (Wildman–Crippen LogP) is 4.18. The minimum absolute atomic E-state index is 0.0781. The summed E-state index contributed by atoms with van der Waals surface area (Å²) in [5.41, 5.74) is 2.73. The summed E-state index contributed by atoms with van der Waals surface area (Å²) in [6, 6.07) is 18.4. The Morgan fingerprint density at radius 3 is 2.68 bits per heavy atom. The van der Waals surface area contributed by atoms with Crippen molar-refractivity contribution < 1.29 is 9.72 Å². The van der Waals surface area contributed by atoms with Gasteiger partial charge in [0.1, 0.15) is 6.04 Å². The second-order valence-electron chi connectivity index (χ2n) is 7.68. The molecule has 10 nitrogen and oxygen atoms in total. The fourth-order valence-electron chi connectivity index (χ4n) is 3.91. The minimum Gasteiger partial charge on any atom is -0.328 e. The summed E-state index contributed by atoms with van der Waals surface area (Å²) >= 11 is 0. The number of nitro groups is 1. The van der Waals surface area contributed by atoms with Crippen LogP contribution < -0.4 is 10.6 Å². The maximum absolute atomic E-state index is 13.4. The molecule has 3 heterocycles. The highest BCUT2D eigenvalue weighted by Gasteiger charge is 2.35. The smallest absolute Gasteiger partial charge is 0.269 e. The molecule has 4 aromatic rings. The highest BCUT2D eigenvalue weighted by atomic mass is 16.6. The lowest BCUT2D eigenvalue weighted by atomic mass is 9.94. The number of benzene rings is 2. The number of aromatic nitrogens is 4. The third-order valence-electron chi connectivity index (χ3n) is 5.45. The van der Waals surface area contributed by atoms with Gasteiger partial charge in [0.25, 0.3) is 11.6 Å². The average Bonchev–Trinajstić information content (AvgIpc) is 3.28. The van der Waals surface area contributed by atoms with E-state index in [0.717, 1.165) is 5.56 Å². The normalized spacial score (nSPS) is 14.8. The van der Waals surface area contributed by atoms with Gasteiger partial charge in [0.05, 0.1) is 22.4 Å². The van der Waals surface area contributed by atoms with Crippen LogP contribution in [0.4, 0.5) is 17.3 Å². The molecular weight excluding hydrogens is 434 g/mol. The van der Waals surface area contributed by atoms with Gasteiger partial charge >= 0.3 is 0 Å². The first kappa shape index (κ1) is 21.0. The molecule has 0 fully saturated rings. The number of hydrogen-bond donors (Lipinski definition) is 2. The number of allylic oxidation sites excluding steroid dienone is 1. The molecule has 0 saturated carbocycles. The van der Waals surface area contributed by atoms with Gasteiger partial charge in [0.15, 0.2) is 5.82 Å². The molecule has 10 heteroatoms. The van der Waals surface area contributed by atoms with Crippen molar-refractivity contribution in [1.82, 2.24) is 19.7 Å². The Balaban J connectivity index is 1.63. The van der Waals surface area contributed by atoms with Crippen LogP contribution in [0.1, 0.15) is 18.5 Å². The van der Waals surface area contributed by atoms with Crippen molar-refractivity contribution in [3.8, 4) is 11.4 Å². The molecule has 2 N–H and O–H groups in total. The van der Waals surface area contributed by atoms with E-state index in [2.05, 4.69) is 25.7 Å². The molecule has 0 radical (unpaired) electrons. The molecule has 1 atom stereocenters. The van der Waals surface area contributed by atoms with Gasteiger partial charge in [-0.3, -0.25) is 19.9 Å². The van der Waals surface area contributed by atoms with E-state index in [1.165, 1.54) is 12.1 Å². The maximum atomic E-state index is 13.4. The van der Waals surface area contributed by atoms with Gasteiger partial charge in [-0.25, -0.2) is 4.68 Å². The number of amides is 1. The van der Waals surface area contributed by atoms with Crippen molar-refractivity contribution in [3.05, 3.63) is 106 Å². The quantitative estimate of drug-likeness (QED) is 0.343. The van der Waals surface area contributed by atoms with Crippen molar-refractivity contribution in [2.45, 2.75) is 13.0 Å². The number of hydrogen-bond acceptors (Lipinski definition) is 7. The van der Waals surface area contributed by atoms with Crippen LogP contribution in [0.25, 0.3) is 11.4 Å². The fraction of sp³-hybridized carbons (Fsp3) is 0.0833. The van der Waals surface area contributed by atoms with Crippen molar-refractivity contribution in [1.29, 1.82) is 0 Å². The number of pyridine rings is 1. The molecule has 168 valence electrons. The highest BCUT2D eigenvalue weighted by molar-refractivity contribution is 6.06. The molecule has 5 rings (SSSR count). The van der Waals surface area contributed by atoms with Crippen LogP contribution in [-0.2, 0) is 4.79 Å².